The van der Waals surface area contributed by atoms with Crippen LogP contribution in [0.4, 0.5) is 16.2 Å². The standard InChI is InChI=1S/C15H15N3O5S/c16-24(20,21)23-14-4-2-1-3-12(14)18-15(19)17-11-5-6-13-10(9-11)7-8-22-13/h1-6,9H,7-8H2,(H2,16,20,21)(H2,17,18,19). The summed E-state index contributed by atoms with van der Waals surface area (Å²) in [5.74, 6) is 0.741. The molecule has 9 heteroatoms. The zero-order chi connectivity index (χ0) is 17.2. The van der Waals surface area contributed by atoms with Crippen molar-refractivity contribution in [1.82, 2.24) is 0 Å². The Bertz CT molecular complexity index is 882. The van der Waals surface area contributed by atoms with E-state index in [2.05, 4.69) is 14.8 Å². The molecule has 0 spiro atoms. The number of fused-ring (bicyclic) bond motifs is 1. The first-order chi connectivity index (χ1) is 11.4. The van der Waals surface area contributed by atoms with Crippen LogP contribution in [0.2, 0.25) is 0 Å². The number of nitrogens with one attached hydrogen (secondary N) is 2. The van der Waals surface area contributed by atoms with Gasteiger partial charge in [0.2, 0.25) is 0 Å². The summed E-state index contributed by atoms with van der Waals surface area (Å²) in [6, 6.07) is 10.9. The molecular weight excluding hydrogens is 334 g/mol. The van der Waals surface area contributed by atoms with Crippen molar-refractivity contribution in [2.45, 2.75) is 6.42 Å². The van der Waals surface area contributed by atoms with Crippen LogP contribution in [0.5, 0.6) is 11.5 Å². The van der Waals surface area contributed by atoms with Gasteiger partial charge in [0.25, 0.3) is 0 Å². The van der Waals surface area contributed by atoms with Crippen molar-refractivity contribution in [3.63, 3.8) is 0 Å². The Morgan fingerprint density at radius 1 is 1.17 bits per heavy atom. The van der Waals surface area contributed by atoms with Gasteiger partial charge in [-0.1, -0.05) is 12.1 Å². The molecule has 0 fully saturated rings. The van der Waals surface area contributed by atoms with Gasteiger partial charge in [0.1, 0.15) is 5.75 Å². The number of carbonyl (C=O) groups excluding carboxylic acids is 1. The lowest BCUT2D eigenvalue weighted by molar-refractivity contribution is 0.262. The van der Waals surface area contributed by atoms with Gasteiger partial charge in [0.15, 0.2) is 5.75 Å². The van der Waals surface area contributed by atoms with E-state index in [1.807, 2.05) is 6.07 Å². The number of ether oxygens (including phenoxy) is 1. The highest BCUT2D eigenvalue weighted by Gasteiger charge is 2.15. The Balaban J connectivity index is 1.71. The van der Waals surface area contributed by atoms with Crippen molar-refractivity contribution < 1.29 is 22.1 Å². The van der Waals surface area contributed by atoms with Crippen LogP contribution in [0, 0.1) is 0 Å². The van der Waals surface area contributed by atoms with Crippen LogP contribution in [0.1, 0.15) is 5.56 Å². The zero-order valence-corrected chi connectivity index (χ0v) is 13.3. The molecule has 1 heterocycles. The first kappa shape index (κ1) is 16.1. The van der Waals surface area contributed by atoms with E-state index in [1.165, 1.54) is 12.1 Å². The number of urea groups is 1. The Hall–Kier alpha value is -2.78. The molecular formula is C15H15N3O5S. The molecule has 1 aliphatic heterocycles. The van der Waals surface area contributed by atoms with Gasteiger partial charge in [0, 0.05) is 12.1 Å². The Kier molecular flexibility index (Phi) is 4.28. The van der Waals surface area contributed by atoms with E-state index in [-0.39, 0.29) is 11.4 Å². The minimum atomic E-state index is -4.19. The maximum atomic E-state index is 12.1. The second-order valence-corrected chi connectivity index (χ2v) is 6.22. The van der Waals surface area contributed by atoms with Crippen molar-refractivity contribution in [2.75, 3.05) is 17.2 Å². The smallest absolute Gasteiger partial charge is 0.380 e. The fraction of sp³-hybridized carbons (Fsp3) is 0.133. The van der Waals surface area contributed by atoms with Crippen LogP contribution in [-0.4, -0.2) is 21.1 Å². The highest BCUT2D eigenvalue weighted by atomic mass is 32.2. The number of anilines is 2. The molecule has 0 radical (unpaired) electrons. The third-order valence-corrected chi connectivity index (χ3v) is 3.70. The van der Waals surface area contributed by atoms with Crippen molar-refractivity contribution in [3.05, 3.63) is 48.0 Å². The van der Waals surface area contributed by atoms with E-state index in [0.29, 0.717) is 12.3 Å². The Morgan fingerprint density at radius 2 is 1.96 bits per heavy atom. The predicted molar refractivity (Wildman–Crippen MR) is 88.5 cm³/mol. The van der Waals surface area contributed by atoms with Gasteiger partial charge >= 0.3 is 16.3 Å². The maximum absolute atomic E-state index is 12.1. The van der Waals surface area contributed by atoms with Crippen molar-refractivity contribution in [3.8, 4) is 11.5 Å². The summed E-state index contributed by atoms with van der Waals surface area (Å²) in [6.07, 6.45) is 0.789. The summed E-state index contributed by atoms with van der Waals surface area (Å²) in [5, 5.41) is 10.0. The molecule has 0 unspecified atom stereocenters. The largest absolute Gasteiger partial charge is 0.493 e. The van der Waals surface area contributed by atoms with Crippen LogP contribution in [0.3, 0.4) is 0 Å². The molecule has 4 N–H and O–H groups in total. The summed E-state index contributed by atoms with van der Waals surface area (Å²) in [6.45, 7) is 0.628. The third kappa shape index (κ3) is 3.94. The van der Waals surface area contributed by atoms with Gasteiger partial charge in [-0.25, -0.2) is 4.79 Å². The van der Waals surface area contributed by atoms with Crippen LogP contribution in [0.15, 0.2) is 42.5 Å². The van der Waals surface area contributed by atoms with Crippen LogP contribution in [-0.2, 0) is 16.7 Å². The van der Waals surface area contributed by atoms with Gasteiger partial charge < -0.3 is 19.6 Å². The summed E-state index contributed by atoms with van der Waals surface area (Å²) in [7, 11) is -4.19. The van der Waals surface area contributed by atoms with E-state index in [4.69, 9.17) is 9.88 Å². The van der Waals surface area contributed by atoms with Gasteiger partial charge in [-0.2, -0.15) is 13.6 Å². The third-order valence-electron chi connectivity index (χ3n) is 3.29. The van der Waals surface area contributed by atoms with Crippen molar-refractivity contribution in [2.24, 2.45) is 5.14 Å². The normalized spacial score (nSPS) is 12.9. The molecule has 0 aliphatic carbocycles. The second kappa shape index (κ2) is 6.38. The number of rotatable bonds is 4. The molecule has 2 amide bonds. The van der Waals surface area contributed by atoms with E-state index >= 15 is 0 Å². The first-order valence-corrected chi connectivity index (χ1v) is 8.53. The van der Waals surface area contributed by atoms with Crippen molar-refractivity contribution >= 4 is 27.7 Å². The van der Waals surface area contributed by atoms with E-state index in [0.717, 1.165) is 17.7 Å². The summed E-state index contributed by atoms with van der Waals surface area (Å²) >= 11 is 0. The minimum Gasteiger partial charge on any atom is -0.493 e. The fourth-order valence-electron chi connectivity index (χ4n) is 2.32. The summed E-state index contributed by atoms with van der Waals surface area (Å²) in [5.41, 5.74) is 1.79. The SMILES string of the molecule is NS(=O)(=O)Oc1ccccc1NC(=O)Nc1ccc2c(c1)CCO2. The lowest BCUT2D eigenvalue weighted by Gasteiger charge is -2.12. The predicted octanol–water partition coefficient (Wildman–Crippen LogP) is 1.85. The Morgan fingerprint density at radius 3 is 2.75 bits per heavy atom. The minimum absolute atomic E-state index is 0.0718. The van der Waals surface area contributed by atoms with Crippen molar-refractivity contribution in [1.29, 1.82) is 0 Å². The quantitative estimate of drug-likeness (QED) is 0.778. The number of hydrogen-bond acceptors (Lipinski definition) is 5. The first-order valence-electron chi connectivity index (χ1n) is 7.06. The number of nitrogens with two attached hydrogens (primary N) is 1. The number of amides is 2. The number of benzene rings is 2. The van der Waals surface area contributed by atoms with Gasteiger partial charge in [0.05, 0.1) is 12.3 Å². The lowest BCUT2D eigenvalue weighted by Crippen LogP contribution is -2.22. The molecule has 8 nitrogen and oxygen atoms in total. The average molecular weight is 349 g/mol. The summed E-state index contributed by atoms with van der Waals surface area (Å²) < 4.78 is 32.1. The lowest BCUT2D eigenvalue weighted by atomic mass is 10.1. The molecule has 0 bridgehead atoms. The molecule has 2 aromatic rings. The van der Waals surface area contributed by atoms with Crippen LogP contribution in [0.25, 0.3) is 0 Å². The van der Waals surface area contributed by atoms with E-state index < -0.39 is 16.3 Å². The molecule has 2 aromatic carbocycles. The summed E-state index contributed by atoms with van der Waals surface area (Å²) in [4.78, 5) is 12.1. The van der Waals surface area contributed by atoms with Crippen LogP contribution < -0.4 is 24.7 Å². The highest BCUT2D eigenvalue weighted by Crippen LogP contribution is 2.28. The second-order valence-electron chi connectivity index (χ2n) is 5.07. The molecule has 0 saturated carbocycles. The maximum Gasteiger partial charge on any atom is 0.380 e. The topological polar surface area (TPSA) is 120 Å². The van der Waals surface area contributed by atoms with Crippen LogP contribution >= 0.6 is 0 Å². The average Bonchev–Trinajstić information content (AvgIpc) is 2.95. The monoisotopic (exact) mass is 349 g/mol. The molecule has 0 saturated heterocycles. The molecule has 0 aromatic heterocycles. The zero-order valence-electron chi connectivity index (χ0n) is 12.5. The highest BCUT2D eigenvalue weighted by molar-refractivity contribution is 7.84. The Labute approximate surface area is 138 Å². The molecule has 126 valence electrons. The number of hydrogen-bond donors (Lipinski definition) is 3. The van der Waals surface area contributed by atoms with Gasteiger partial charge in [-0.05, 0) is 35.9 Å². The molecule has 24 heavy (non-hydrogen) atoms. The molecule has 0 atom stereocenters. The van der Waals surface area contributed by atoms with E-state index in [1.54, 1.807) is 24.3 Å². The molecule has 3 rings (SSSR count). The molecule has 1 aliphatic rings. The fourth-order valence-corrected chi connectivity index (χ4v) is 2.71. The number of para-hydroxylation sites is 2. The van der Waals surface area contributed by atoms with Gasteiger partial charge in [-0.3, -0.25) is 0 Å². The van der Waals surface area contributed by atoms with E-state index in [9.17, 15) is 13.2 Å². The number of carbonyl (C=O) groups is 1. The van der Waals surface area contributed by atoms with Gasteiger partial charge in [-0.15, -0.1) is 0 Å².